The van der Waals surface area contributed by atoms with E-state index in [1.54, 1.807) is 30.7 Å². The zero-order valence-electron chi connectivity index (χ0n) is 14.7. The molecule has 27 heavy (non-hydrogen) atoms. The third kappa shape index (κ3) is 3.01. The maximum absolute atomic E-state index is 13.3. The molecule has 2 aliphatic rings. The topological polar surface area (TPSA) is 105 Å². The molecule has 3 heterocycles. The molecule has 0 saturated carbocycles. The van der Waals surface area contributed by atoms with Crippen LogP contribution in [0.3, 0.4) is 0 Å². The molecule has 1 unspecified atom stereocenters. The van der Waals surface area contributed by atoms with E-state index in [4.69, 9.17) is 0 Å². The first-order valence-electron chi connectivity index (χ1n) is 7.72. The second-order valence-electron chi connectivity index (χ2n) is 5.73. The normalized spacial score (nSPS) is 22.6. The van der Waals surface area contributed by atoms with Crippen molar-refractivity contribution in [3.8, 4) is 0 Å². The lowest BCUT2D eigenvalue weighted by Gasteiger charge is -2.46. The Labute approximate surface area is 165 Å². The molecule has 1 amide bonds. The predicted molar refractivity (Wildman–Crippen MR) is 106 cm³/mol. The molecule has 7 nitrogen and oxygen atoms in total. The van der Waals surface area contributed by atoms with Gasteiger partial charge in [0.15, 0.2) is 5.37 Å². The van der Waals surface area contributed by atoms with Crippen molar-refractivity contribution in [2.75, 3.05) is 12.5 Å². The Hall–Kier alpha value is -2.04. The van der Waals surface area contributed by atoms with E-state index < -0.39 is 27.1 Å². The molecule has 2 aliphatic heterocycles. The van der Waals surface area contributed by atoms with E-state index in [1.807, 2.05) is 0 Å². The van der Waals surface area contributed by atoms with Crippen LogP contribution in [-0.2, 0) is 19.4 Å². The number of carbonyl (C=O) groups excluding carboxylic acids is 1. The van der Waals surface area contributed by atoms with Gasteiger partial charge in [-0.05, 0) is 37.6 Å². The number of hydrogen-bond acceptors (Lipinski definition) is 7. The number of thioether (sulfide) groups is 2. The van der Waals surface area contributed by atoms with Crippen molar-refractivity contribution in [1.29, 1.82) is 0 Å². The van der Waals surface area contributed by atoms with Crippen molar-refractivity contribution in [2.45, 2.75) is 12.3 Å². The Morgan fingerprint density at radius 3 is 2.48 bits per heavy atom. The van der Waals surface area contributed by atoms with Gasteiger partial charge in [0.2, 0.25) is 9.84 Å². The summed E-state index contributed by atoms with van der Waals surface area (Å²) in [5, 5.41) is 8.27. The van der Waals surface area contributed by atoms with Crippen LogP contribution in [0.25, 0.3) is 6.08 Å². The number of β-lactam (4-membered cyclic amide) rings is 1. The summed E-state index contributed by atoms with van der Waals surface area (Å²) in [5.41, 5.74) is 0.217. The number of allylic oxidation sites excluding steroid dienone is 1. The zero-order valence-corrected chi connectivity index (χ0v) is 17.1. The minimum absolute atomic E-state index is 0.0130. The van der Waals surface area contributed by atoms with Gasteiger partial charge in [0.05, 0.1) is 20.4 Å². The molecule has 1 saturated heterocycles. The number of nitrogens with zero attached hydrogens (tertiary/aromatic N) is 2. The standard InChI is InChI=1S/C17H16N2O5S3/c1-9-12(16(21)22)19-14(20)11(8-10-6-4-5-7-18-10)15(19)27(23,24)13(9)17(25-2)26-3/h4-8,15H,1-3H3,(H,21,22)/b11-8-. The van der Waals surface area contributed by atoms with E-state index in [0.29, 0.717) is 9.93 Å². The maximum atomic E-state index is 13.3. The van der Waals surface area contributed by atoms with Gasteiger partial charge in [-0.1, -0.05) is 6.07 Å². The lowest BCUT2D eigenvalue weighted by atomic mass is 10.0. The van der Waals surface area contributed by atoms with Gasteiger partial charge in [-0.15, -0.1) is 23.5 Å². The number of aromatic nitrogens is 1. The second-order valence-corrected chi connectivity index (χ2v) is 9.57. The minimum Gasteiger partial charge on any atom is -0.477 e. The van der Waals surface area contributed by atoms with Gasteiger partial charge < -0.3 is 5.11 Å². The van der Waals surface area contributed by atoms with E-state index in [2.05, 4.69) is 4.98 Å². The Morgan fingerprint density at radius 2 is 1.96 bits per heavy atom. The van der Waals surface area contributed by atoms with Crippen LogP contribution in [0.15, 0.2) is 50.4 Å². The molecule has 1 atom stereocenters. The van der Waals surface area contributed by atoms with Crippen molar-refractivity contribution < 1.29 is 23.1 Å². The van der Waals surface area contributed by atoms with Crippen molar-refractivity contribution in [1.82, 2.24) is 9.88 Å². The SMILES string of the molecule is CSC(SC)=C1C(C)=C(C(=O)O)N2C(=O)/C(=C/c3ccccn3)C2S1(=O)=O. The van der Waals surface area contributed by atoms with Gasteiger partial charge in [-0.25, -0.2) is 13.2 Å². The number of carboxylic acids is 1. The number of sulfone groups is 1. The first kappa shape index (κ1) is 19.7. The molecular weight excluding hydrogens is 408 g/mol. The molecule has 0 bridgehead atoms. The van der Waals surface area contributed by atoms with Crippen LogP contribution in [0.5, 0.6) is 0 Å². The molecule has 10 heteroatoms. The van der Waals surface area contributed by atoms with Gasteiger partial charge in [0.25, 0.3) is 5.91 Å². The number of hydrogen-bond donors (Lipinski definition) is 1. The van der Waals surface area contributed by atoms with Crippen molar-refractivity contribution in [3.63, 3.8) is 0 Å². The van der Waals surface area contributed by atoms with Gasteiger partial charge in [-0.2, -0.15) is 0 Å². The largest absolute Gasteiger partial charge is 0.477 e. The summed E-state index contributed by atoms with van der Waals surface area (Å²) in [6.45, 7) is 1.42. The molecule has 0 aromatic carbocycles. The first-order chi connectivity index (χ1) is 12.8. The Balaban J connectivity index is 2.27. The van der Waals surface area contributed by atoms with Crippen LogP contribution in [0.4, 0.5) is 0 Å². The van der Waals surface area contributed by atoms with E-state index in [9.17, 15) is 23.1 Å². The molecule has 1 N–H and O–H groups in total. The van der Waals surface area contributed by atoms with Gasteiger partial charge >= 0.3 is 5.97 Å². The average Bonchev–Trinajstić information content (AvgIpc) is 2.63. The smallest absolute Gasteiger partial charge is 0.352 e. The minimum atomic E-state index is -3.98. The summed E-state index contributed by atoms with van der Waals surface area (Å²) in [6, 6.07) is 5.06. The van der Waals surface area contributed by atoms with Crippen LogP contribution in [-0.4, -0.2) is 53.2 Å². The average molecular weight is 425 g/mol. The van der Waals surface area contributed by atoms with Crippen molar-refractivity contribution in [2.24, 2.45) is 0 Å². The highest BCUT2D eigenvalue weighted by molar-refractivity contribution is 8.22. The summed E-state index contributed by atoms with van der Waals surface area (Å²) in [5.74, 6) is -1.98. The Morgan fingerprint density at radius 1 is 1.30 bits per heavy atom. The van der Waals surface area contributed by atoms with E-state index in [-0.39, 0.29) is 21.7 Å². The molecule has 0 aliphatic carbocycles. The first-order valence-corrected chi connectivity index (χ1v) is 11.7. The van der Waals surface area contributed by atoms with Crippen LogP contribution in [0.1, 0.15) is 12.6 Å². The Kier molecular flexibility index (Phi) is 5.24. The number of pyridine rings is 1. The van der Waals surface area contributed by atoms with E-state index in [0.717, 1.165) is 4.90 Å². The zero-order chi connectivity index (χ0) is 19.9. The number of fused-ring (bicyclic) bond motifs is 1. The highest BCUT2D eigenvalue weighted by atomic mass is 32.2. The van der Waals surface area contributed by atoms with E-state index >= 15 is 0 Å². The summed E-state index contributed by atoms with van der Waals surface area (Å²) < 4.78 is 27.1. The lowest BCUT2D eigenvalue weighted by Crippen LogP contribution is -2.61. The molecule has 142 valence electrons. The fourth-order valence-electron chi connectivity index (χ4n) is 3.12. The number of carboxylic acid groups (broad SMARTS) is 1. The monoisotopic (exact) mass is 424 g/mol. The number of rotatable bonds is 4. The third-order valence-electron chi connectivity index (χ3n) is 4.23. The third-order valence-corrected chi connectivity index (χ3v) is 8.77. The number of aliphatic carboxylic acids is 1. The molecule has 1 fully saturated rings. The van der Waals surface area contributed by atoms with Crippen LogP contribution >= 0.6 is 23.5 Å². The molecule has 0 spiro atoms. The fraction of sp³-hybridized carbons (Fsp3) is 0.235. The predicted octanol–water partition coefficient (Wildman–Crippen LogP) is 2.32. The summed E-state index contributed by atoms with van der Waals surface area (Å²) >= 11 is 2.46. The van der Waals surface area contributed by atoms with Crippen molar-refractivity contribution in [3.05, 3.63) is 56.1 Å². The second kappa shape index (κ2) is 7.17. The van der Waals surface area contributed by atoms with Crippen molar-refractivity contribution >= 4 is 51.3 Å². The maximum Gasteiger partial charge on any atom is 0.352 e. The molecule has 1 aromatic rings. The van der Waals surface area contributed by atoms with Crippen LogP contribution in [0.2, 0.25) is 0 Å². The van der Waals surface area contributed by atoms with E-state index in [1.165, 1.54) is 42.7 Å². The van der Waals surface area contributed by atoms with Crippen LogP contribution < -0.4 is 0 Å². The van der Waals surface area contributed by atoms with Gasteiger partial charge in [0, 0.05) is 11.8 Å². The molecule has 1 aromatic heterocycles. The quantitative estimate of drug-likeness (QED) is 0.580. The molecular formula is C17H16N2O5S3. The molecule has 0 radical (unpaired) electrons. The highest BCUT2D eigenvalue weighted by Gasteiger charge is 2.58. The Bertz CT molecular complexity index is 1020. The number of amides is 1. The number of carbonyl (C=O) groups is 2. The van der Waals surface area contributed by atoms with Crippen LogP contribution in [0, 0.1) is 0 Å². The fourth-order valence-corrected chi connectivity index (χ4v) is 7.62. The van der Waals surface area contributed by atoms with Gasteiger partial charge in [-0.3, -0.25) is 14.7 Å². The van der Waals surface area contributed by atoms with Gasteiger partial charge in [0.1, 0.15) is 5.70 Å². The summed E-state index contributed by atoms with van der Waals surface area (Å²) in [7, 11) is -3.98. The summed E-state index contributed by atoms with van der Waals surface area (Å²) in [4.78, 5) is 29.3. The molecule has 3 rings (SSSR count). The highest BCUT2D eigenvalue weighted by Crippen LogP contribution is 2.48. The summed E-state index contributed by atoms with van der Waals surface area (Å²) in [6.07, 6.45) is 6.38. The lowest BCUT2D eigenvalue weighted by molar-refractivity contribution is -0.141.